The molecule has 3 heterocycles. The quantitative estimate of drug-likeness (QED) is 0.703. The minimum absolute atomic E-state index is 0.143. The smallest absolute Gasteiger partial charge is 0.257 e. The Hall–Kier alpha value is -3.55. The highest BCUT2D eigenvalue weighted by molar-refractivity contribution is 6.05. The number of pyridine rings is 1. The summed E-state index contributed by atoms with van der Waals surface area (Å²) in [6.07, 6.45) is 2.08. The third-order valence-electron chi connectivity index (χ3n) is 4.83. The fourth-order valence-electron chi connectivity index (χ4n) is 3.31. The van der Waals surface area contributed by atoms with Crippen molar-refractivity contribution < 1.29 is 14.4 Å². The zero-order chi connectivity index (χ0) is 19.8. The first-order chi connectivity index (χ1) is 13.4. The molecule has 8 nitrogen and oxygen atoms in total. The number of carbonyl (C=O) groups excluding carboxylic acids is 3. The summed E-state index contributed by atoms with van der Waals surface area (Å²) in [5.41, 5.74) is 3.44. The molecule has 1 aliphatic rings. The van der Waals surface area contributed by atoms with Crippen molar-refractivity contribution in [3.8, 4) is 0 Å². The van der Waals surface area contributed by atoms with Crippen LogP contribution in [0.5, 0.6) is 0 Å². The predicted octanol–water partition coefficient (Wildman–Crippen LogP) is 2.18. The van der Waals surface area contributed by atoms with Crippen LogP contribution in [0.1, 0.15) is 34.5 Å². The summed E-state index contributed by atoms with van der Waals surface area (Å²) in [5, 5.41) is 7.98. The number of benzene rings is 1. The van der Waals surface area contributed by atoms with Crippen LogP contribution in [0.25, 0.3) is 11.0 Å². The molecule has 0 spiro atoms. The molecule has 3 aromatic rings. The van der Waals surface area contributed by atoms with Crippen LogP contribution in [0, 0.1) is 6.92 Å². The fourth-order valence-corrected chi connectivity index (χ4v) is 3.31. The first kappa shape index (κ1) is 17.8. The van der Waals surface area contributed by atoms with Crippen LogP contribution in [-0.2, 0) is 23.2 Å². The third kappa shape index (κ3) is 3.24. The molecule has 0 unspecified atom stereocenters. The number of nitrogens with one attached hydrogen (secondary N) is 1. The molecule has 0 bridgehead atoms. The van der Waals surface area contributed by atoms with Crippen molar-refractivity contribution in [3.05, 3.63) is 53.3 Å². The largest absolute Gasteiger partial charge is 0.322 e. The lowest BCUT2D eigenvalue weighted by Crippen LogP contribution is -2.28. The molecule has 4 rings (SSSR count). The van der Waals surface area contributed by atoms with Gasteiger partial charge in [-0.3, -0.25) is 24.0 Å². The summed E-state index contributed by atoms with van der Waals surface area (Å²) in [6, 6.07) is 8.86. The zero-order valence-electron chi connectivity index (χ0n) is 15.6. The molecule has 1 fully saturated rings. The number of amides is 3. The summed E-state index contributed by atoms with van der Waals surface area (Å²) in [5.74, 6) is -0.553. The molecule has 0 saturated carbocycles. The Bertz CT molecular complexity index is 1080. The lowest BCUT2D eigenvalue weighted by Gasteiger charge is -2.14. The van der Waals surface area contributed by atoms with Gasteiger partial charge in [0.1, 0.15) is 0 Å². The van der Waals surface area contributed by atoms with Gasteiger partial charge in [0, 0.05) is 37.2 Å². The molecule has 8 heteroatoms. The minimum atomic E-state index is -0.268. The average molecular weight is 377 g/mol. The molecular formula is C20H19N5O3. The minimum Gasteiger partial charge on any atom is -0.322 e. The molecule has 28 heavy (non-hydrogen) atoms. The first-order valence-corrected chi connectivity index (χ1v) is 8.95. The van der Waals surface area contributed by atoms with E-state index in [4.69, 9.17) is 0 Å². The highest BCUT2D eigenvalue weighted by atomic mass is 16.2. The summed E-state index contributed by atoms with van der Waals surface area (Å²) in [7, 11) is 1.81. The fraction of sp³-hybridized carbons (Fsp3) is 0.250. The van der Waals surface area contributed by atoms with Crippen LogP contribution in [-0.4, -0.2) is 37.4 Å². The highest BCUT2D eigenvalue weighted by Gasteiger charge is 2.28. The second kappa shape index (κ2) is 6.88. The Balaban J connectivity index is 1.47. The first-order valence-electron chi connectivity index (χ1n) is 8.95. The van der Waals surface area contributed by atoms with E-state index in [1.807, 2.05) is 14.0 Å². The number of aryl methyl sites for hydroxylation is 2. The van der Waals surface area contributed by atoms with Gasteiger partial charge < -0.3 is 5.32 Å². The molecule has 142 valence electrons. The third-order valence-corrected chi connectivity index (χ3v) is 4.83. The van der Waals surface area contributed by atoms with Gasteiger partial charge in [0.2, 0.25) is 11.8 Å². The zero-order valence-corrected chi connectivity index (χ0v) is 15.6. The van der Waals surface area contributed by atoms with E-state index in [2.05, 4.69) is 15.4 Å². The average Bonchev–Trinajstić information content (AvgIpc) is 3.15. The summed E-state index contributed by atoms with van der Waals surface area (Å²) < 4.78 is 1.68. The van der Waals surface area contributed by atoms with Crippen LogP contribution in [0.15, 0.2) is 36.5 Å². The lowest BCUT2D eigenvalue weighted by molar-refractivity contribution is -0.139. The van der Waals surface area contributed by atoms with Crippen molar-refractivity contribution in [3.63, 3.8) is 0 Å². The van der Waals surface area contributed by atoms with E-state index in [0.29, 0.717) is 11.3 Å². The van der Waals surface area contributed by atoms with Gasteiger partial charge in [-0.25, -0.2) is 4.98 Å². The molecule has 1 aromatic carbocycles. The monoisotopic (exact) mass is 377 g/mol. The number of likely N-dealkylation sites (tertiary alicyclic amines) is 1. The van der Waals surface area contributed by atoms with Gasteiger partial charge in [-0.15, -0.1) is 0 Å². The van der Waals surface area contributed by atoms with E-state index < -0.39 is 0 Å². The van der Waals surface area contributed by atoms with Crippen molar-refractivity contribution in [2.45, 2.75) is 26.3 Å². The van der Waals surface area contributed by atoms with Crippen molar-refractivity contribution in [2.75, 3.05) is 5.32 Å². The highest BCUT2D eigenvalue weighted by Crippen LogP contribution is 2.19. The Labute approximate surface area is 161 Å². The van der Waals surface area contributed by atoms with Gasteiger partial charge in [-0.2, -0.15) is 5.10 Å². The normalized spacial score (nSPS) is 14.1. The molecular weight excluding hydrogens is 358 g/mol. The number of nitrogens with zero attached hydrogens (tertiary/aromatic N) is 4. The van der Waals surface area contributed by atoms with Gasteiger partial charge >= 0.3 is 0 Å². The molecule has 1 N–H and O–H groups in total. The van der Waals surface area contributed by atoms with Crippen LogP contribution in [0.4, 0.5) is 5.69 Å². The van der Waals surface area contributed by atoms with Gasteiger partial charge in [0.05, 0.1) is 17.8 Å². The van der Waals surface area contributed by atoms with E-state index in [0.717, 1.165) is 22.3 Å². The lowest BCUT2D eigenvalue weighted by atomic mass is 10.1. The predicted molar refractivity (Wildman–Crippen MR) is 102 cm³/mol. The number of imide groups is 1. The van der Waals surface area contributed by atoms with Crippen LogP contribution < -0.4 is 5.32 Å². The van der Waals surface area contributed by atoms with Crippen LogP contribution in [0.3, 0.4) is 0 Å². The second-order valence-electron chi connectivity index (χ2n) is 6.83. The number of fused-ring (bicyclic) bond motifs is 1. The van der Waals surface area contributed by atoms with Gasteiger partial charge in [0.25, 0.3) is 5.91 Å². The Kier molecular flexibility index (Phi) is 4.38. The van der Waals surface area contributed by atoms with Crippen molar-refractivity contribution in [2.24, 2.45) is 7.05 Å². The number of anilines is 1. The maximum atomic E-state index is 12.5. The Morgan fingerprint density at radius 1 is 1.14 bits per heavy atom. The summed E-state index contributed by atoms with van der Waals surface area (Å²) in [6.45, 7) is 2.13. The Morgan fingerprint density at radius 2 is 1.82 bits per heavy atom. The van der Waals surface area contributed by atoms with Crippen LogP contribution >= 0.6 is 0 Å². The molecule has 3 amide bonds. The molecule has 1 saturated heterocycles. The molecule has 0 radical (unpaired) electrons. The number of aromatic nitrogens is 3. The van der Waals surface area contributed by atoms with E-state index in [-0.39, 0.29) is 37.1 Å². The maximum Gasteiger partial charge on any atom is 0.257 e. The molecule has 2 aromatic heterocycles. The summed E-state index contributed by atoms with van der Waals surface area (Å²) in [4.78, 5) is 41.6. The van der Waals surface area contributed by atoms with E-state index in [1.165, 1.54) is 11.1 Å². The topological polar surface area (TPSA) is 97.2 Å². The van der Waals surface area contributed by atoms with Crippen molar-refractivity contribution in [1.82, 2.24) is 19.7 Å². The van der Waals surface area contributed by atoms with E-state index >= 15 is 0 Å². The SMILES string of the molecule is Cc1nn(C)c2ncc(C(=O)Nc3ccc(CN4C(=O)CCC4=O)cc3)cc12. The maximum absolute atomic E-state index is 12.5. The number of hydrogen-bond acceptors (Lipinski definition) is 5. The van der Waals surface area contributed by atoms with E-state index in [9.17, 15) is 14.4 Å². The van der Waals surface area contributed by atoms with Gasteiger partial charge in [0.15, 0.2) is 5.65 Å². The molecule has 1 aliphatic heterocycles. The summed E-state index contributed by atoms with van der Waals surface area (Å²) >= 11 is 0. The van der Waals surface area contributed by atoms with Crippen LogP contribution in [0.2, 0.25) is 0 Å². The van der Waals surface area contributed by atoms with Gasteiger partial charge in [-0.1, -0.05) is 12.1 Å². The molecule has 0 atom stereocenters. The molecule has 0 aliphatic carbocycles. The number of carbonyl (C=O) groups is 3. The number of hydrogen-bond donors (Lipinski definition) is 1. The van der Waals surface area contributed by atoms with Crippen molar-refractivity contribution in [1.29, 1.82) is 0 Å². The second-order valence-corrected chi connectivity index (χ2v) is 6.83. The standard InChI is InChI=1S/C20H19N5O3/c1-12-16-9-14(10-21-19(16)24(2)23-12)20(28)22-15-5-3-13(4-6-15)11-25-17(26)7-8-18(25)27/h3-6,9-10H,7-8,11H2,1-2H3,(H,22,28). The number of rotatable bonds is 4. The Morgan fingerprint density at radius 3 is 2.50 bits per heavy atom. The van der Waals surface area contributed by atoms with E-state index in [1.54, 1.807) is 35.0 Å². The van der Waals surface area contributed by atoms with Crippen molar-refractivity contribution >= 4 is 34.4 Å². The van der Waals surface area contributed by atoms with Gasteiger partial charge in [-0.05, 0) is 30.7 Å².